The lowest BCUT2D eigenvalue weighted by Gasteiger charge is -2.38. The Bertz CT molecular complexity index is 778. The van der Waals surface area contributed by atoms with Gasteiger partial charge in [-0.05, 0) is 44.9 Å². The molecule has 6 nitrogen and oxygen atoms in total. The molecule has 4 heterocycles. The van der Waals surface area contributed by atoms with E-state index in [0.29, 0.717) is 31.0 Å². The molecule has 1 unspecified atom stereocenters. The summed E-state index contributed by atoms with van der Waals surface area (Å²) in [6.45, 7) is 5.68. The van der Waals surface area contributed by atoms with Crippen molar-refractivity contribution in [2.45, 2.75) is 44.8 Å². The number of aromatic nitrogens is 1. The molecular formula is C20H24N2O4. The summed E-state index contributed by atoms with van der Waals surface area (Å²) in [6, 6.07) is 5.60. The van der Waals surface area contributed by atoms with E-state index >= 15 is 0 Å². The normalized spacial score (nSPS) is 21.9. The fourth-order valence-corrected chi connectivity index (χ4v) is 3.97. The van der Waals surface area contributed by atoms with E-state index < -0.39 is 0 Å². The number of carbonyl (C=O) groups excluding carboxylic acids is 1. The number of furan rings is 1. The van der Waals surface area contributed by atoms with Crippen molar-refractivity contribution in [1.82, 2.24) is 9.88 Å². The first kappa shape index (κ1) is 17.1. The Balaban J connectivity index is 1.35. The zero-order valence-corrected chi connectivity index (χ0v) is 15.2. The first-order valence-electron chi connectivity index (χ1n) is 9.12. The van der Waals surface area contributed by atoms with Crippen LogP contribution < -0.4 is 4.74 Å². The highest BCUT2D eigenvalue weighted by Gasteiger charge is 2.44. The van der Waals surface area contributed by atoms with Crippen LogP contribution in [-0.2, 0) is 4.74 Å². The molecular weight excluding hydrogens is 332 g/mol. The molecule has 4 rings (SSSR count). The summed E-state index contributed by atoms with van der Waals surface area (Å²) >= 11 is 0. The highest BCUT2D eigenvalue weighted by atomic mass is 16.6. The lowest BCUT2D eigenvalue weighted by atomic mass is 9.87. The smallest absolute Gasteiger partial charge is 0.257 e. The monoisotopic (exact) mass is 356 g/mol. The summed E-state index contributed by atoms with van der Waals surface area (Å²) in [5, 5.41) is 0. The van der Waals surface area contributed by atoms with Gasteiger partial charge in [0.25, 0.3) is 5.91 Å². The number of amides is 1. The van der Waals surface area contributed by atoms with Crippen LogP contribution in [0.25, 0.3) is 0 Å². The van der Waals surface area contributed by atoms with Crippen LogP contribution in [0.1, 0.15) is 41.1 Å². The molecule has 2 fully saturated rings. The second-order valence-electron chi connectivity index (χ2n) is 7.25. The molecule has 2 aliphatic rings. The van der Waals surface area contributed by atoms with Gasteiger partial charge in [-0.25, -0.2) is 0 Å². The van der Waals surface area contributed by atoms with E-state index in [1.807, 2.05) is 36.9 Å². The van der Waals surface area contributed by atoms with E-state index in [0.717, 1.165) is 30.8 Å². The third-order valence-electron chi connectivity index (χ3n) is 5.35. The standard InChI is InChI=1S/C20H24N2O4/c1-14-10-18(15(2)25-14)19(23)22-8-5-20(6-9-22)11-17(13-24-20)26-16-4-3-7-21-12-16/h3-4,7,10,12,17H,5-6,8-9,11,13H2,1-2H3. The summed E-state index contributed by atoms with van der Waals surface area (Å²) in [6.07, 6.45) is 6.02. The minimum Gasteiger partial charge on any atom is -0.486 e. The number of likely N-dealkylation sites (tertiary alicyclic amines) is 1. The van der Waals surface area contributed by atoms with Crippen LogP contribution in [0.3, 0.4) is 0 Å². The van der Waals surface area contributed by atoms with Gasteiger partial charge in [-0.1, -0.05) is 0 Å². The zero-order chi connectivity index (χ0) is 18.1. The van der Waals surface area contributed by atoms with Gasteiger partial charge in [-0.3, -0.25) is 9.78 Å². The quantitative estimate of drug-likeness (QED) is 0.845. The molecule has 1 atom stereocenters. The maximum Gasteiger partial charge on any atom is 0.257 e. The lowest BCUT2D eigenvalue weighted by molar-refractivity contribution is -0.0396. The maximum atomic E-state index is 12.7. The molecule has 2 saturated heterocycles. The topological polar surface area (TPSA) is 64.8 Å². The molecule has 6 heteroatoms. The Morgan fingerprint density at radius 1 is 1.35 bits per heavy atom. The minimum absolute atomic E-state index is 0.0419. The van der Waals surface area contributed by atoms with Crippen molar-refractivity contribution in [2.75, 3.05) is 19.7 Å². The highest BCUT2D eigenvalue weighted by Crippen LogP contribution is 2.37. The van der Waals surface area contributed by atoms with Gasteiger partial charge >= 0.3 is 0 Å². The Morgan fingerprint density at radius 3 is 2.81 bits per heavy atom. The van der Waals surface area contributed by atoms with Gasteiger partial charge in [-0.15, -0.1) is 0 Å². The van der Waals surface area contributed by atoms with Crippen LogP contribution in [0.5, 0.6) is 5.75 Å². The second kappa shape index (κ2) is 6.76. The number of rotatable bonds is 3. The van der Waals surface area contributed by atoms with Gasteiger partial charge in [-0.2, -0.15) is 0 Å². The molecule has 138 valence electrons. The molecule has 0 saturated carbocycles. The van der Waals surface area contributed by atoms with Gasteiger partial charge in [0.2, 0.25) is 0 Å². The average molecular weight is 356 g/mol. The van der Waals surface area contributed by atoms with Crippen LogP contribution in [0.4, 0.5) is 0 Å². The molecule has 2 aliphatic heterocycles. The fourth-order valence-electron chi connectivity index (χ4n) is 3.97. The molecule has 0 radical (unpaired) electrons. The second-order valence-corrected chi connectivity index (χ2v) is 7.25. The van der Waals surface area contributed by atoms with Gasteiger partial charge < -0.3 is 18.8 Å². The Hall–Kier alpha value is -2.34. The predicted octanol–water partition coefficient (Wildman–Crippen LogP) is 3.13. The Kier molecular flexibility index (Phi) is 4.44. The average Bonchev–Trinajstić information content (AvgIpc) is 3.18. The van der Waals surface area contributed by atoms with E-state index in [2.05, 4.69) is 4.98 Å². The van der Waals surface area contributed by atoms with Crippen molar-refractivity contribution in [3.05, 3.63) is 47.7 Å². The van der Waals surface area contributed by atoms with Crippen molar-refractivity contribution < 1.29 is 18.7 Å². The first-order valence-corrected chi connectivity index (χ1v) is 9.12. The van der Waals surface area contributed by atoms with E-state index in [1.165, 1.54) is 0 Å². The van der Waals surface area contributed by atoms with E-state index in [1.54, 1.807) is 12.4 Å². The number of hydrogen-bond acceptors (Lipinski definition) is 5. The molecule has 0 aliphatic carbocycles. The third kappa shape index (κ3) is 3.33. The summed E-state index contributed by atoms with van der Waals surface area (Å²) in [5.41, 5.74) is 0.494. The van der Waals surface area contributed by atoms with E-state index in [-0.39, 0.29) is 17.6 Å². The van der Waals surface area contributed by atoms with Crippen molar-refractivity contribution in [3.63, 3.8) is 0 Å². The van der Waals surface area contributed by atoms with Crippen LogP contribution >= 0.6 is 0 Å². The van der Waals surface area contributed by atoms with E-state index in [9.17, 15) is 4.79 Å². The Labute approximate surface area is 153 Å². The summed E-state index contributed by atoms with van der Waals surface area (Å²) in [4.78, 5) is 18.7. The third-order valence-corrected chi connectivity index (χ3v) is 5.35. The lowest BCUT2D eigenvalue weighted by Crippen LogP contribution is -2.46. The molecule has 1 spiro atoms. The van der Waals surface area contributed by atoms with Gasteiger partial charge in [0, 0.05) is 25.7 Å². The molecule has 2 aromatic rings. The summed E-state index contributed by atoms with van der Waals surface area (Å²) < 4.78 is 17.6. The largest absolute Gasteiger partial charge is 0.486 e. The molecule has 2 aromatic heterocycles. The summed E-state index contributed by atoms with van der Waals surface area (Å²) in [5.74, 6) is 2.29. The van der Waals surface area contributed by atoms with Crippen LogP contribution in [0, 0.1) is 13.8 Å². The SMILES string of the molecule is Cc1cc(C(=O)N2CCC3(CC2)CC(Oc2cccnc2)CO3)c(C)o1. The summed E-state index contributed by atoms with van der Waals surface area (Å²) in [7, 11) is 0. The number of carbonyl (C=O) groups is 1. The van der Waals surface area contributed by atoms with Crippen LogP contribution in [0.15, 0.2) is 35.0 Å². The fraction of sp³-hybridized carbons (Fsp3) is 0.500. The van der Waals surface area contributed by atoms with Gasteiger partial charge in [0.05, 0.1) is 24.0 Å². The molecule has 0 N–H and O–H groups in total. The molecule has 0 bridgehead atoms. The zero-order valence-electron chi connectivity index (χ0n) is 15.2. The molecule has 0 aromatic carbocycles. The van der Waals surface area contributed by atoms with Gasteiger partial charge in [0.1, 0.15) is 23.4 Å². The highest BCUT2D eigenvalue weighted by molar-refractivity contribution is 5.95. The Morgan fingerprint density at radius 2 is 2.15 bits per heavy atom. The number of hydrogen-bond donors (Lipinski definition) is 0. The van der Waals surface area contributed by atoms with Crippen molar-refractivity contribution in [1.29, 1.82) is 0 Å². The van der Waals surface area contributed by atoms with Crippen LogP contribution in [-0.4, -0.2) is 47.2 Å². The van der Waals surface area contributed by atoms with Crippen molar-refractivity contribution >= 4 is 5.91 Å². The predicted molar refractivity (Wildman–Crippen MR) is 95.3 cm³/mol. The van der Waals surface area contributed by atoms with Crippen molar-refractivity contribution in [2.24, 2.45) is 0 Å². The number of piperidine rings is 1. The van der Waals surface area contributed by atoms with Crippen molar-refractivity contribution in [3.8, 4) is 5.75 Å². The first-order chi connectivity index (χ1) is 12.5. The molecule has 1 amide bonds. The number of pyridine rings is 1. The number of ether oxygens (including phenoxy) is 2. The van der Waals surface area contributed by atoms with E-state index in [4.69, 9.17) is 13.9 Å². The number of nitrogens with zero attached hydrogens (tertiary/aromatic N) is 2. The van der Waals surface area contributed by atoms with Crippen LogP contribution in [0.2, 0.25) is 0 Å². The molecule has 26 heavy (non-hydrogen) atoms. The van der Waals surface area contributed by atoms with Gasteiger partial charge in [0.15, 0.2) is 0 Å². The number of aryl methyl sites for hydroxylation is 2. The minimum atomic E-state index is -0.176. The maximum absolute atomic E-state index is 12.7.